The number of hydrogen-bond donors (Lipinski definition) is 3. The van der Waals surface area contributed by atoms with E-state index in [0.29, 0.717) is 12.8 Å². The second kappa shape index (κ2) is 39.9. The highest BCUT2D eigenvalue weighted by molar-refractivity contribution is 7.47. The highest BCUT2D eigenvalue weighted by atomic mass is 31.2. The molecule has 0 fully saturated rings. The summed E-state index contributed by atoms with van der Waals surface area (Å²) in [5, 5.41) is 18.3. The molecule has 320 valence electrons. The number of unbranched alkanes of at least 4 members (excludes halogenated alkanes) is 26. The van der Waals surface area contributed by atoms with Crippen molar-refractivity contribution < 1.29 is 47.8 Å². The van der Waals surface area contributed by atoms with E-state index >= 15 is 0 Å². The van der Waals surface area contributed by atoms with Gasteiger partial charge < -0.3 is 24.6 Å². The number of esters is 2. The van der Waals surface area contributed by atoms with E-state index in [1.165, 1.54) is 135 Å². The van der Waals surface area contributed by atoms with Crippen molar-refractivity contribution in [2.45, 2.75) is 225 Å². The van der Waals surface area contributed by atoms with Crippen LogP contribution in [0.15, 0.2) is 12.2 Å². The largest absolute Gasteiger partial charge is 0.472 e. The number of carbonyl (C=O) groups excluding carboxylic acids is 2. The molecule has 0 heterocycles. The lowest BCUT2D eigenvalue weighted by atomic mass is 10.0. The van der Waals surface area contributed by atoms with E-state index in [-0.39, 0.29) is 19.4 Å². The number of aliphatic hydroxyl groups is 2. The molecule has 0 bridgehead atoms. The molecule has 11 heteroatoms. The summed E-state index contributed by atoms with van der Waals surface area (Å²) < 4.78 is 32.6. The normalized spacial score (nSPS) is 13.9. The Morgan fingerprint density at radius 1 is 0.537 bits per heavy atom. The number of phosphoric ester groups is 1. The summed E-state index contributed by atoms with van der Waals surface area (Å²) in [6.45, 7) is 2.36. The lowest BCUT2D eigenvalue weighted by Gasteiger charge is -2.20. The summed E-state index contributed by atoms with van der Waals surface area (Å²) in [6.07, 6.45) is 37.8. The molecule has 54 heavy (non-hydrogen) atoms. The Balaban J connectivity index is 4.10. The maximum atomic E-state index is 12.6. The standard InChI is InChI=1S/C43H83O10P/c1-3-5-7-9-11-13-14-15-16-17-18-19-20-21-22-23-24-25-26-27-29-31-33-35-43(47)53-41(39-52-54(48,49)51-37-40(45)36-44)38-50-42(46)34-32-30-28-12-10-8-6-4-2/h17-18,40-41,44-45H,3-16,19-39H2,1-2H3,(H,48,49)/b18-17-. The van der Waals surface area contributed by atoms with Crippen LogP contribution >= 0.6 is 7.82 Å². The van der Waals surface area contributed by atoms with Gasteiger partial charge in [0.1, 0.15) is 12.7 Å². The lowest BCUT2D eigenvalue weighted by Crippen LogP contribution is -2.29. The first-order valence-corrected chi connectivity index (χ1v) is 23.6. The van der Waals surface area contributed by atoms with Crippen molar-refractivity contribution in [2.24, 2.45) is 0 Å². The monoisotopic (exact) mass is 791 g/mol. The van der Waals surface area contributed by atoms with Crippen LogP contribution in [-0.4, -0.2) is 65.7 Å². The molecule has 0 saturated carbocycles. The molecule has 0 rings (SSSR count). The topological polar surface area (TPSA) is 149 Å². The van der Waals surface area contributed by atoms with Gasteiger partial charge in [0.2, 0.25) is 0 Å². The number of carbonyl (C=O) groups is 2. The predicted octanol–water partition coefficient (Wildman–Crippen LogP) is 11.6. The molecule has 0 saturated heterocycles. The van der Waals surface area contributed by atoms with Crippen molar-refractivity contribution in [3.63, 3.8) is 0 Å². The first kappa shape index (κ1) is 52.7. The van der Waals surface area contributed by atoms with Crippen LogP contribution in [0.1, 0.15) is 213 Å². The molecular weight excluding hydrogens is 707 g/mol. The summed E-state index contributed by atoms with van der Waals surface area (Å²) >= 11 is 0. The summed E-state index contributed by atoms with van der Waals surface area (Å²) in [7, 11) is -4.61. The van der Waals surface area contributed by atoms with Crippen LogP contribution in [0.5, 0.6) is 0 Å². The third-order valence-electron chi connectivity index (χ3n) is 9.67. The van der Waals surface area contributed by atoms with Crippen LogP contribution < -0.4 is 0 Å². The van der Waals surface area contributed by atoms with Gasteiger partial charge in [-0.15, -0.1) is 0 Å². The van der Waals surface area contributed by atoms with Crippen LogP contribution in [0.4, 0.5) is 0 Å². The van der Waals surface area contributed by atoms with Crippen molar-refractivity contribution in [3.05, 3.63) is 12.2 Å². The third-order valence-corrected chi connectivity index (χ3v) is 10.6. The minimum Gasteiger partial charge on any atom is -0.462 e. The predicted molar refractivity (Wildman–Crippen MR) is 219 cm³/mol. The fourth-order valence-corrected chi connectivity index (χ4v) is 7.01. The van der Waals surface area contributed by atoms with E-state index in [9.17, 15) is 24.2 Å². The number of allylic oxidation sites excluding steroid dienone is 2. The average Bonchev–Trinajstić information content (AvgIpc) is 3.16. The van der Waals surface area contributed by atoms with Gasteiger partial charge in [-0.1, -0.05) is 174 Å². The minimum absolute atomic E-state index is 0.188. The summed E-state index contributed by atoms with van der Waals surface area (Å²) in [6, 6.07) is 0. The van der Waals surface area contributed by atoms with Gasteiger partial charge in [0, 0.05) is 12.8 Å². The van der Waals surface area contributed by atoms with Crippen molar-refractivity contribution in [1.29, 1.82) is 0 Å². The van der Waals surface area contributed by atoms with Crippen LogP contribution in [0.25, 0.3) is 0 Å². The molecule has 0 amide bonds. The minimum atomic E-state index is -4.61. The van der Waals surface area contributed by atoms with Crippen LogP contribution in [0.3, 0.4) is 0 Å². The van der Waals surface area contributed by atoms with Crippen molar-refractivity contribution in [2.75, 3.05) is 26.4 Å². The molecule has 0 aromatic heterocycles. The molecule has 3 atom stereocenters. The van der Waals surface area contributed by atoms with Gasteiger partial charge >= 0.3 is 19.8 Å². The zero-order valence-corrected chi connectivity index (χ0v) is 35.6. The SMILES string of the molecule is CCCCCCCCCC/C=C\CCCCCCCCCCCCCC(=O)OC(COC(=O)CCCCCCCCCC)COP(=O)(O)OCC(O)CO. The van der Waals surface area contributed by atoms with E-state index < -0.39 is 51.8 Å². The fraction of sp³-hybridized carbons (Fsp3) is 0.907. The first-order chi connectivity index (χ1) is 26.2. The smallest absolute Gasteiger partial charge is 0.462 e. The number of rotatable bonds is 42. The van der Waals surface area contributed by atoms with Gasteiger partial charge in [-0.2, -0.15) is 0 Å². The van der Waals surface area contributed by atoms with Gasteiger partial charge in [-0.05, 0) is 38.5 Å². The number of aliphatic hydroxyl groups excluding tert-OH is 2. The van der Waals surface area contributed by atoms with Gasteiger partial charge in [-0.3, -0.25) is 18.6 Å². The molecule has 0 spiro atoms. The summed E-state index contributed by atoms with van der Waals surface area (Å²) in [4.78, 5) is 34.8. The van der Waals surface area contributed by atoms with E-state index in [4.69, 9.17) is 19.1 Å². The fourth-order valence-electron chi connectivity index (χ4n) is 6.22. The van der Waals surface area contributed by atoms with Crippen LogP contribution in [0.2, 0.25) is 0 Å². The van der Waals surface area contributed by atoms with Gasteiger partial charge in [0.25, 0.3) is 0 Å². The Morgan fingerprint density at radius 2 is 0.907 bits per heavy atom. The van der Waals surface area contributed by atoms with Crippen molar-refractivity contribution in [1.82, 2.24) is 0 Å². The maximum Gasteiger partial charge on any atom is 0.472 e. The number of phosphoric acid groups is 1. The number of hydrogen-bond acceptors (Lipinski definition) is 9. The van der Waals surface area contributed by atoms with Crippen LogP contribution in [-0.2, 0) is 32.7 Å². The molecule has 0 radical (unpaired) electrons. The number of ether oxygens (including phenoxy) is 2. The zero-order chi connectivity index (χ0) is 39.8. The lowest BCUT2D eigenvalue weighted by molar-refractivity contribution is -0.161. The van der Waals surface area contributed by atoms with E-state index in [1.807, 2.05) is 0 Å². The molecule has 3 N–H and O–H groups in total. The summed E-state index contributed by atoms with van der Waals surface area (Å²) in [5.41, 5.74) is 0. The van der Waals surface area contributed by atoms with E-state index in [2.05, 4.69) is 30.5 Å². The van der Waals surface area contributed by atoms with Crippen LogP contribution in [0, 0.1) is 0 Å². The molecule has 3 unspecified atom stereocenters. The third kappa shape index (κ3) is 39.0. The second-order valence-electron chi connectivity index (χ2n) is 15.1. The average molecular weight is 791 g/mol. The Labute approximate surface area is 330 Å². The molecule has 10 nitrogen and oxygen atoms in total. The molecule has 0 aromatic carbocycles. The first-order valence-electron chi connectivity index (χ1n) is 22.1. The molecule has 0 aliphatic rings. The Kier molecular flexibility index (Phi) is 39.0. The quantitative estimate of drug-likeness (QED) is 0.0236. The zero-order valence-electron chi connectivity index (χ0n) is 34.7. The molecule has 0 aliphatic heterocycles. The van der Waals surface area contributed by atoms with Gasteiger partial charge in [-0.25, -0.2) is 4.57 Å². The Hall–Kier alpha value is -1.29. The van der Waals surface area contributed by atoms with Gasteiger partial charge in [0.05, 0.1) is 19.8 Å². The van der Waals surface area contributed by atoms with E-state index in [1.54, 1.807) is 0 Å². The molecular formula is C43H83O10P. The maximum absolute atomic E-state index is 12.6. The van der Waals surface area contributed by atoms with Crippen molar-refractivity contribution >= 4 is 19.8 Å². The Bertz CT molecular complexity index is 915. The van der Waals surface area contributed by atoms with Crippen molar-refractivity contribution in [3.8, 4) is 0 Å². The summed E-state index contributed by atoms with van der Waals surface area (Å²) in [5.74, 6) is -0.921. The highest BCUT2D eigenvalue weighted by Crippen LogP contribution is 2.43. The van der Waals surface area contributed by atoms with E-state index in [0.717, 1.165) is 38.5 Å². The molecule has 0 aromatic rings. The molecule has 0 aliphatic carbocycles. The highest BCUT2D eigenvalue weighted by Gasteiger charge is 2.27. The van der Waals surface area contributed by atoms with Gasteiger partial charge in [0.15, 0.2) is 6.10 Å². The Morgan fingerprint density at radius 3 is 1.33 bits per heavy atom. The second-order valence-corrected chi connectivity index (χ2v) is 16.5.